The molecule has 0 aliphatic heterocycles. The minimum Gasteiger partial charge on any atom is -1.00 e. The molecule has 1 aliphatic rings. The van der Waals surface area contributed by atoms with Crippen molar-refractivity contribution in [1.82, 2.24) is 0 Å². The molecule has 0 radical (unpaired) electrons. The molecule has 0 atom stereocenters. The van der Waals surface area contributed by atoms with Crippen molar-refractivity contribution < 1.29 is 22.7 Å². The van der Waals surface area contributed by atoms with Crippen molar-refractivity contribution in [3.05, 3.63) is 0 Å². The summed E-state index contributed by atoms with van der Waals surface area (Å²) in [5, 5.41) is 17.9. The van der Waals surface area contributed by atoms with Crippen LogP contribution in [0.3, 0.4) is 0 Å². The van der Waals surface area contributed by atoms with Gasteiger partial charge in [0.1, 0.15) is 0 Å². The van der Waals surface area contributed by atoms with E-state index in [1.807, 2.05) is 0 Å². The van der Waals surface area contributed by atoms with Crippen molar-refractivity contribution in [1.29, 1.82) is 0 Å². The smallest absolute Gasteiger partial charge is 1.00 e. The van der Waals surface area contributed by atoms with E-state index in [0.717, 1.165) is 32.1 Å². The third kappa shape index (κ3) is 3.08. The van der Waals surface area contributed by atoms with E-state index in [1.54, 1.807) is 0 Å². The van der Waals surface area contributed by atoms with E-state index in [2.05, 4.69) is 0 Å². The summed E-state index contributed by atoms with van der Waals surface area (Å²) in [6, 6.07) is 0. The van der Waals surface area contributed by atoms with Gasteiger partial charge in [-0.05, 0) is 25.7 Å². The van der Waals surface area contributed by atoms with E-state index < -0.39 is 17.4 Å². The Morgan fingerprint density at radius 3 is 1.87 bits per heavy atom. The summed E-state index contributed by atoms with van der Waals surface area (Å²) in [5.41, 5.74) is -1.60. The molecule has 2 N–H and O–H groups in total. The number of carboxylic acid groups (broad SMARTS) is 2. The number of hydrogen-bond acceptors (Lipinski definition) is 2. The summed E-state index contributed by atoms with van der Waals surface area (Å²) in [6.07, 6.45) is 4.41. The zero-order valence-corrected chi connectivity index (χ0v) is 11.2. The van der Waals surface area contributed by atoms with Gasteiger partial charge >= 0.3 is 49.7 Å². The molecule has 5 heteroatoms. The first kappa shape index (κ1) is 15.2. The molecule has 4 nitrogen and oxygen atoms in total. The van der Waals surface area contributed by atoms with Gasteiger partial charge in [-0.1, -0.05) is 19.3 Å². The molecule has 0 aromatic carbocycles. The fraction of sp³-hybridized carbons (Fsp3) is 0.800. The Morgan fingerprint density at radius 1 is 1.13 bits per heavy atom. The van der Waals surface area contributed by atoms with Crippen molar-refractivity contribution in [2.24, 2.45) is 11.3 Å². The molecule has 1 rings (SSSR count). The van der Waals surface area contributed by atoms with Crippen LogP contribution < -0.4 is 0 Å². The Kier molecular flexibility index (Phi) is 6.14. The average Bonchev–Trinajstić information content (AvgIpc) is 2.17. The summed E-state index contributed by atoms with van der Waals surface area (Å²) in [7, 11) is 0. The molecular formula is C10H18CaO4. The summed E-state index contributed by atoms with van der Waals surface area (Å²) in [4.78, 5) is 22.0. The number of carbonyl (C=O) groups is 2. The molecule has 0 spiro atoms. The van der Waals surface area contributed by atoms with Crippen molar-refractivity contribution in [3.63, 3.8) is 0 Å². The van der Waals surface area contributed by atoms with Crippen LogP contribution in [0.2, 0.25) is 0 Å². The van der Waals surface area contributed by atoms with Gasteiger partial charge in [0.25, 0.3) is 0 Å². The van der Waals surface area contributed by atoms with Crippen LogP contribution in [0.25, 0.3) is 0 Å². The predicted molar refractivity (Wildman–Crippen MR) is 57.9 cm³/mol. The van der Waals surface area contributed by atoms with E-state index in [-0.39, 0.29) is 46.5 Å². The van der Waals surface area contributed by atoms with Gasteiger partial charge in [0, 0.05) is 0 Å². The maximum atomic E-state index is 11.0. The SMILES string of the molecule is CC(C(=O)O)(C(=O)O)C1CCCCC1.[Ca+2].[H-].[H-]. The molecule has 0 heterocycles. The fourth-order valence-corrected chi connectivity index (χ4v) is 2.12. The van der Waals surface area contributed by atoms with Gasteiger partial charge in [-0.15, -0.1) is 0 Å². The minimum atomic E-state index is -1.60. The van der Waals surface area contributed by atoms with Gasteiger partial charge in [-0.2, -0.15) is 0 Å². The molecule has 1 aliphatic carbocycles. The summed E-state index contributed by atoms with van der Waals surface area (Å²) in [6.45, 7) is 1.33. The first-order valence-electron chi connectivity index (χ1n) is 4.96. The average molecular weight is 242 g/mol. The maximum Gasteiger partial charge on any atom is 2.00 e. The summed E-state index contributed by atoms with van der Waals surface area (Å²) >= 11 is 0. The van der Waals surface area contributed by atoms with Gasteiger partial charge < -0.3 is 13.1 Å². The Balaban J connectivity index is -0.000000653. The fourth-order valence-electron chi connectivity index (χ4n) is 2.12. The van der Waals surface area contributed by atoms with Gasteiger partial charge in [0.15, 0.2) is 5.41 Å². The Labute approximate surface area is 122 Å². The van der Waals surface area contributed by atoms with Crippen LogP contribution in [0.5, 0.6) is 0 Å². The Hall–Kier alpha value is 0.200. The molecule has 1 fully saturated rings. The topological polar surface area (TPSA) is 74.6 Å². The van der Waals surface area contributed by atoms with Crippen LogP contribution in [0, 0.1) is 11.3 Å². The number of rotatable bonds is 3. The second-order valence-corrected chi connectivity index (χ2v) is 4.15. The molecule has 0 saturated heterocycles. The van der Waals surface area contributed by atoms with E-state index >= 15 is 0 Å². The number of aliphatic carboxylic acids is 2. The van der Waals surface area contributed by atoms with Crippen LogP contribution in [0.1, 0.15) is 41.9 Å². The molecule has 1 saturated carbocycles. The molecule has 0 aromatic heterocycles. The van der Waals surface area contributed by atoms with Crippen LogP contribution in [-0.2, 0) is 9.59 Å². The monoisotopic (exact) mass is 242 g/mol. The van der Waals surface area contributed by atoms with Crippen LogP contribution in [0.4, 0.5) is 0 Å². The zero-order chi connectivity index (χ0) is 10.8. The van der Waals surface area contributed by atoms with E-state index in [1.165, 1.54) is 6.92 Å². The first-order valence-corrected chi connectivity index (χ1v) is 4.96. The van der Waals surface area contributed by atoms with Crippen LogP contribution in [-0.4, -0.2) is 59.9 Å². The largest absolute Gasteiger partial charge is 2.00 e. The normalized spacial score (nSPS) is 17.9. The molecule has 0 amide bonds. The zero-order valence-electron chi connectivity index (χ0n) is 11.0. The Bertz CT molecular complexity index is 241. The molecule has 15 heavy (non-hydrogen) atoms. The van der Waals surface area contributed by atoms with Crippen LogP contribution >= 0.6 is 0 Å². The molecular weight excluding hydrogens is 224 g/mol. The first-order chi connectivity index (χ1) is 6.49. The number of carboxylic acids is 2. The maximum absolute atomic E-state index is 11.0. The van der Waals surface area contributed by atoms with Crippen LogP contribution in [0.15, 0.2) is 0 Å². The van der Waals surface area contributed by atoms with Gasteiger partial charge in [0.05, 0.1) is 0 Å². The number of hydrogen-bond donors (Lipinski definition) is 2. The molecule has 84 valence electrons. The third-order valence-electron chi connectivity index (χ3n) is 3.31. The second-order valence-electron chi connectivity index (χ2n) is 4.15. The Morgan fingerprint density at radius 2 is 1.53 bits per heavy atom. The van der Waals surface area contributed by atoms with Gasteiger partial charge in [0.2, 0.25) is 0 Å². The summed E-state index contributed by atoms with van der Waals surface area (Å²) < 4.78 is 0. The van der Waals surface area contributed by atoms with E-state index in [9.17, 15) is 9.59 Å². The minimum absolute atomic E-state index is 0. The molecule has 0 unspecified atom stereocenters. The van der Waals surface area contributed by atoms with Crippen molar-refractivity contribution in [3.8, 4) is 0 Å². The predicted octanol–water partition coefficient (Wildman–Crippen LogP) is 1.59. The molecule has 0 aromatic rings. The third-order valence-corrected chi connectivity index (χ3v) is 3.31. The van der Waals surface area contributed by atoms with Crippen molar-refractivity contribution in [2.45, 2.75) is 39.0 Å². The second kappa shape index (κ2) is 6.06. The standard InChI is InChI=1S/C10H16O4.Ca.2H/c1-10(8(11)12,9(13)14)7-5-3-2-4-6-7;;;/h7H,2-6H2,1H3,(H,11,12)(H,13,14);;;/q;+2;2*-1. The van der Waals surface area contributed by atoms with Crippen molar-refractivity contribution >= 4 is 49.7 Å². The van der Waals surface area contributed by atoms with Gasteiger partial charge in [-0.25, -0.2) is 0 Å². The van der Waals surface area contributed by atoms with Crippen molar-refractivity contribution in [2.75, 3.05) is 0 Å². The van der Waals surface area contributed by atoms with E-state index in [0.29, 0.717) is 0 Å². The molecule has 0 bridgehead atoms. The van der Waals surface area contributed by atoms with Gasteiger partial charge in [-0.3, -0.25) is 9.59 Å². The summed E-state index contributed by atoms with van der Waals surface area (Å²) in [5.74, 6) is -2.64. The van der Waals surface area contributed by atoms with E-state index in [4.69, 9.17) is 10.2 Å². The quantitative estimate of drug-likeness (QED) is 0.582.